The van der Waals surface area contributed by atoms with Gasteiger partial charge in [-0.25, -0.2) is 9.38 Å². The zero-order chi connectivity index (χ0) is 27.7. The fourth-order valence-corrected chi connectivity index (χ4v) is 3.93. The van der Waals surface area contributed by atoms with Crippen molar-refractivity contribution in [1.29, 1.82) is 0 Å². The molecule has 0 radical (unpaired) electrons. The van der Waals surface area contributed by atoms with Gasteiger partial charge in [-0.05, 0) is 53.4 Å². The van der Waals surface area contributed by atoms with Crippen molar-refractivity contribution in [3.8, 4) is 11.1 Å². The first-order chi connectivity index (χ1) is 18.3. The van der Waals surface area contributed by atoms with Gasteiger partial charge >= 0.3 is 0 Å². The van der Waals surface area contributed by atoms with E-state index in [4.69, 9.17) is 15.3 Å². The third kappa shape index (κ3) is 6.94. The number of ether oxygens (including phenoxy) is 2. The molecule has 0 atom stereocenters. The summed E-state index contributed by atoms with van der Waals surface area (Å²) in [5.41, 5.74) is 8.62. The van der Waals surface area contributed by atoms with Crippen molar-refractivity contribution < 1.29 is 18.7 Å². The predicted octanol–water partition coefficient (Wildman–Crippen LogP) is 5.11. The van der Waals surface area contributed by atoms with Crippen molar-refractivity contribution in [3.63, 3.8) is 0 Å². The molecular formula is C30H33FN4O3. The number of hydrogen-bond acceptors (Lipinski definition) is 6. The minimum Gasteiger partial charge on any atom is -0.481 e. The van der Waals surface area contributed by atoms with E-state index in [9.17, 15) is 9.18 Å². The number of methoxy groups -OCH3 is 2. The largest absolute Gasteiger partial charge is 0.481 e. The highest BCUT2D eigenvalue weighted by Crippen LogP contribution is 2.29. The Morgan fingerprint density at radius 2 is 1.76 bits per heavy atom. The molecule has 1 amide bonds. The van der Waals surface area contributed by atoms with E-state index >= 15 is 0 Å². The van der Waals surface area contributed by atoms with Gasteiger partial charge in [0.1, 0.15) is 5.82 Å². The number of halogens is 1. The summed E-state index contributed by atoms with van der Waals surface area (Å²) in [4.78, 5) is 16.9. The van der Waals surface area contributed by atoms with Gasteiger partial charge in [0.2, 0.25) is 5.90 Å². The Morgan fingerprint density at radius 1 is 1.03 bits per heavy atom. The topological polar surface area (TPSA) is 98.0 Å². The number of nitrogens with zero attached hydrogens (tertiary/aromatic N) is 1. The highest BCUT2D eigenvalue weighted by atomic mass is 19.1. The molecule has 8 heteroatoms. The number of nitrogens with two attached hydrogens (primary N) is 1. The summed E-state index contributed by atoms with van der Waals surface area (Å²) in [7, 11) is 3.16. The van der Waals surface area contributed by atoms with Crippen LogP contribution in [0.1, 0.15) is 39.0 Å². The molecule has 0 unspecified atom stereocenters. The number of carbonyl (C=O) groups is 1. The molecule has 0 saturated heterocycles. The van der Waals surface area contributed by atoms with Crippen LogP contribution in [0.3, 0.4) is 0 Å². The zero-order valence-electron chi connectivity index (χ0n) is 21.9. The molecule has 0 saturated carbocycles. The van der Waals surface area contributed by atoms with Crippen LogP contribution in [0.4, 0.5) is 4.39 Å². The molecule has 0 aromatic heterocycles. The number of rotatable bonds is 11. The molecule has 0 aliphatic carbocycles. The van der Waals surface area contributed by atoms with Crippen molar-refractivity contribution in [2.24, 2.45) is 10.8 Å². The minimum absolute atomic E-state index is 0.0835. The number of nitrogens with one attached hydrogen (secondary N) is 2. The van der Waals surface area contributed by atoms with Crippen LogP contribution in [0.5, 0.6) is 0 Å². The summed E-state index contributed by atoms with van der Waals surface area (Å²) in [6.45, 7) is 10.4. The van der Waals surface area contributed by atoms with Gasteiger partial charge in [0.25, 0.3) is 5.91 Å². The lowest BCUT2D eigenvalue weighted by Crippen LogP contribution is -2.28. The van der Waals surface area contributed by atoms with E-state index in [0.717, 1.165) is 27.8 Å². The summed E-state index contributed by atoms with van der Waals surface area (Å²) in [5.74, 6) is 4.35. The summed E-state index contributed by atoms with van der Waals surface area (Å²) < 4.78 is 25.8. The van der Waals surface area contributed by atoms with Crippen LogP contribution in [-0.2, 0) is 16.1 Å². The molecule has 4 N–H and O–H groups in total. The second kappa shape index (κ2) is 13.3. The summed E-state index contributed by atoms with van der Waals surface area (Å²) in [6, 6.07) is 18.3. The number of hydrazine groups is 1. The minimum atomic E-state index is -0.684. The number of aliphatic imine (C=N–C) groups is 1. The van der Waals surface area contributed by atoms with E-state index in [1.807, 2.05) is 30.3 Å². The standard InChI is InChI=1S/C30H33FN4O3/c1-19-8-6-7-9-25(19)26-12-11-23(16-24(26)18-37-4)30(38-5)34-21(3)22-10-13-27(28(31)17-22)29(36)33-15-14-20(2)35-32/h6-13,16-17,35H,2-3,14-15,18,32H2,1,4-5H3,(H,33,36). The van der Waals surface area contributed by atoms with Crippen LogP contribution >= 0.6 is 0 Å². The van der Waals surface area contributed by atoms with Crippen LogP contribution in [-0.4, -0.2) is 32.6 Å². The molecule has 0 spiro atoms. The number of hydrogen-bond donors (Lipinski definition) is 3. The van der Waals surface area contributed by atoms with Gasteiger partial charge < -0.3 is 20.2 Å². The predicted molar refractivity (Wildman–Crippen MR) is 150 cm³/mol. The Labute approximate surface area is 222 Å². The lowest BCUT2D eigenvalue weighted by molar-refractivity contribution is 0.0950. The Hall–Kier alpha value is -4.27. The second-order valence-corrected chi connectivity index (χ2v) is 8.64. The van der Waals surface area contributed by atoms with Gasteiger partial charge in [-0.3, -0.25) is 10.6 Å². The zero-order valence-corrected chi connectivity index (χ0v) is 21.9. The quantitative estimate of drug-likeness (QED) is 0.142. The molecule has 0 aliphatic heterocycles. The van der Waals surface area contributed by atoms with Crippen molar-refractivity contribution in [1.82, 2.24) is 10.7 Å². The third-order valence-corrected chi connectivity index (χ3v) is 5.98. The summed E-state index contributed by atoms with van der Waals surface area (Å²) >= 11 is 0. The number of carbonyl (C=O) groups excluding carboxylic acids is 1. The fourth-order valence-electron chi connectivity index (χ4n) is 3.93. The number of benzene rings is 3. The van der Waals surface area contributed by atoms with E-state index in [2.05, 4.69) is 47.9 Å². The molecule has 3 aromatic carbocycles. The number of aryl methyl sites for hydroxylation is 1. The Kier molecular flexibility index (Phi) is 9.92. The van der Waals surface area contributed by atoms with Crippen molar-refractivity contribution in [2.75, 3.05) is 20.8 Å². The van der Waals surface area contributed by atoms with Crippen LogP contribution in [0.25, 0.3) is 16.8 Å². The Balaban J connectivity index is 1.84. The van der Waals surface area contributed by atoms with Gasteiger partial charge in [0.15, 0.2) is 0 Å². The molecule has 3 rings (SSSR count). The van der Waals surface area contributed by atoms with Crippen molar-refractivity contribution in [2.45, 2.75) is 20.0 Å². The molecule has 0 aliphatic rings. The first-order valence-corrected chi connectivity index (χ1v) is 12.0. The average molecular weight is 517 g/mol. The first kappa shape index (κ1) is 28.3. The van der Waals surface area contributed by atoms with Crippen molar-refractivity contribution >= 4 is 17.5 Å². The van der Waals surface area contributed by atoms with Gasteiger partial charge in [0, 0.05) is 36.9 Å². The monoisotopic (exact) mass is 516 g/mol. The Morgan fingerprint density at radius 3 is 2.42 bits per heavy atom. The van der Waals surface area contributed by atoms with Crippen LogP contribution in [0, 0.1) is 12.7 Å². The van der Waals surface area contributed by atoms with Gasteiger partial charge in [-0.2, -0.15) is 0 Å². The Bertz CT molecular complexity index is 1370. The first-order valence-electron chi connectivity index (χ1n) is 12.0. The van der Waals surface area contributed by atoms with Gasteiger partial charge in [-0.15, -0.1) is 0 Å². The summed E-state index contributed by atoms with van der Waals surface area (Å²) in [6.07, 6.45) is 0.422. The van der Waals surface area contributed by atoms with E-state index in [1.165, 1.54) is 19.2 Å². The SMILES string of the molecule is C=C(CCNC(=O)c1ccc(C(=C)N=C(OC)c2ccc(-c3ccccc3C)c(COC)c2)cc1F)NN. The fraction of sp³-hybridized carbons (Fsp3) is 0.200. The van der Waals surface area contributed by atoms with Crippen LogP contribution in [0.2, 0.25) is 0 Å². The van der Waals surface area contributed by atoms with E-state index in [-0.39, 0.29) is 17.8 Å². The van der Waals surface area contributed by atoms with Crippen molar-refractivity contribution in [3.05, 3.63) is 113 Å². The highest BCUT2D eigenvalue weighted by Gasteiger charge is 2.15. The van der Waals surface area contributed by atoms with Gasteiger partial charge in [0.05, 0.1) is 25.0 Å². The molecule has 7 nitrogen and oxygen atoms in total. The lowest BCUT2D eigenvalue weighted by atomic mass is 9.94. The smallest absolute Gasteiger partial charge is 0.254 e. The van der Waals surface area contributed by atoms with Gasteiger partial charge in [-0.1, -0.05) is 49.6 Å². The molecule has 38 heavy (non-hydrogen) atoms. The lowest BCUT2D eigenvalue weighted by Gasteiger charge is -2.14. The maximum absolute atomic E-state index is 14.8. The summed E-state index contributed by atoms with van der Waals surface area (Å²) in [5, 5.41) is 2.64. The van der Waals surface area contributed by atoms with Crippen LogP contribution < -0.4 is 16.6 Å². The maximum atomic E-state index is 14.8. The molecule has 0 heterocycles. The van der Waals surface area contributed by atoms with Crippen LogP contribution in [0.15, 0.2) is 84.5 Å². The molecule has 0 fully saturated rings. The third-order valence-electron chi connectivity index (χ3n) is 5.98. The number of amides is 1. The van der Waals surface area contributed by atoms with E-state index in [0.29, 0.717) is 30.2 Å². The average Bonchev–Trinajstić information content (AvgIpc) is 2.92. The van der Waals surface area contributed by atoms with E-state index in [1.54, 1.807) is 13.2 Å². The molecule has 0 bridgehead atoms. The molecular weight excluding hydrogens is 483 g/mol. The molecule has 3 aromatic rings. The molecule has 198 valence electrons. The maximum Gasteiger partial charge on any atom is 0.254 e. The highest BCUT2D eigenvalue weighted by molar-refractivity contribution is 5.98. The van der Waals surface area contributed by atoms with E-state index < -0.39 is 11.7 Å². The second-order valence-electron chi connectivity index (χ2n) is 8.64. The normalized spacial score (nSPS) is 11.1.